The lowest BCUT2D eigenvalue weighted by molar-refractivity contribution is -0.123. The van der Waals surface area contributed by atoms with E-state index in [0.717, 1.165) is 36.5 Å². The van der Waals surface area contributed by atoms with Gasteiger partial charge in [0, 0.05) is 29.8 Å². The molecule has 0 bridgehead atoms. The zero-order chi connectivity index (χ0) is 45.1. The Labute approximate surface area is 373 Å². The average Bonchev–Trinajstić information content (AvgIpc) is 3.43. The van der Waals surface area contributed by atoms with E-state index in [1.807, 2.05) is 30.3 Å². The van der Waals surface area contributed by atoms with Crippen LogP contribution in [0, 0.1) is 22.7 Å². The number of hydrogen-bond donors (Lipinski definition) is 0. The summed E-state index contributed by atoms with van der Waals surface area (Å²) >= 11 is 0. The molecular formula is C52H78O6Si3. The summed E-state index contributed by atoms with van der Waals surface area (Å²) < 4.78 is 29.1. The van der Waals surface area contributed by atoms with E-state index in [1.54, 1.807) is 0 Å². The van der Waals surface area contributed by atoms with Crippen LogP contribution in [0.15, 0.2) is 103 Å². The molecule has 0 heterocycles. The van der Waals surface area contributed by atoms with E-state index < -0.39 is 35.8 Å². The first-order valence-corrected chi connectivity index (χ1v) is 30.4. The van der Waals surface area contributed by atoms with Crippen LogP contribution in [0.2, 0.25) is 41.3 Å². The molecule has 2 saturated carbocycles. The number of rotatable bonds is 16. The topological polar surface area (TPSA) is 71.1 Å². The van der Waals surface area contributed by atoms with E-state index in [4.69, 9.17) is 18.0 Å². The lowest BCUT2D eigenvalue weighted by Gasteiger charge is -2.53. The van der Waals surface area contributed by atoms with Crippen molar-refractivity contribution in [3.63, 3.8) is 0 Å². The molecule has 0 amide bonds. The Morgan fingerprint density at radius 2 is 1.26 bits per heavy atom. The third-order valence-electron chi connectivity index (χ3n) is 15.3. The molecule has 2 aliphatic rings. The SMILES string of the molecule is CC[Si](CC)(CC)O[C@H]1CC(=O)C(C)(C)/C1=C/[C@@H]1[C@H](CO[Si](c2ccccc2)(c2ccccc2)C(C)(C)C)[C@@H](O[Si](C)(C)C(C)(C)C)CC[C@@]1(C)COC(=O)c1ccccc1. The Morgan fingerprint density at radius 1 is 0.754 bits per heavy atom. The van der Waals surface area contributed by atoms with Crippen LogP contribution in [0.1, 0.15) is 113 Å². The van der Waals surface area contributed by atoms with E-state index in [9.17, 15) is 9.59 Å². The first kappa shape index (κ1) is 49.1. The molecular weight excluding hydrogens is 805 g/mol. The summed E-state index contributed by atoms with van der Waals surface area (Å²) in [4.78, 5) is 27.9. The quantitative estimate of drug-likeness (QED) is 0.0811. The van der Waals surface area contributed by atoms with Crippen molar-refractivity contribution in [3.8, 4) is 0 Å². The first-order valence-electron chi connectivity index (χ1n) is 23.1. The lowest BCUT2D eigenvalue weighted by Crippen LogP contribution is -2.67. The van der Waals surface area contributed by atoms with Gasteiger partial charge in [0.15, 0.2) is 16.6 Å². The van der Waals surface area contributed by atoms with Gasteiger partial charge in [-0.2, -0.15) is 0 Å². The highest BCUT2D eigenvalue weighted by molar-refractivity contribution is 6.99. The summed E-state index contributed by atoms with van der Waals surface area (Å²) in [5, 5.41) is 2.23. The van der Waals surface area contributed by atoms with Crippen molar-refractivity contribution in [1.82, 2.24) is 0 Å². The normalized spacial score (nSPS) is 24.6. The van der Waals surface area contributed by atoms with Gasteiger partial charge in [-0.3, -0.25) is 4.79 Å². The van der Waals surface area contributed by atoms with Crippen molar-refractivity contribution in [2.75, 3.05) is 13.2 Å². The Kier molecular flexibility index (Phi) is 15.3. The van der Waals surface area contributed by atoms with Crippen LogP contribution in [-0.2, 0) is 22.8 Å². The minimum absolute atomic E-state index is 0.0104. The minimum atomic E-state index is -2.98. The van der Waals surface area contributed by atoms with Crippen LogP contribution in [0.4, 0.5) is 0 Å². The number of ether oxygens (including phenoxy) is 1. The molecule has 2 aliphatic carbocycles. The van der Waals surface area contributed by atoms with Gasteiger partial charge in [-0.1, -0.05) is 154 Å². The summed E-state index contributed by atoms with van der Waals surface area (Å²) in [6.07, 6.45) is 3.99. The number of Topliss-reactive ketones (excluding diaryl/α,β-unsaturated/α-hetero) is 1. The van der Waals surface area contributed by atoms with Crippen LogP contribution in [0.3, 0.4) is 0 Å². The largest absolute Gasteiger partial charge is 0.461 e. The molecule has 5 atom stereocenters. The fourth-order valence-electron chi connectivity index (χ4n) is 9.89. The molecule has 334 valence electrons. The summed E-state index contributed by atoms with van der Waals surface area (Å²) in [6, 6.07) is 34.0. The van der Waals surface area contributed by atoms with Crippen molar-refractivity contribution in [2.45, 2.75) is 156 Å². The van der Waals surface area contributed by atoms with Gasteiger partial charge >= 0.3 is 5.97 Å². The second-order valence-corrected chi connectivity index (χ2v) is 35.2. The highest BCUT2D eigenvalue weighted by atomic mass is 28.4. The number of carbonyl (C=O) groups excluding carboxylic acids is 2. The summed E-state index contributed by atoms with van der Waals surface area (Å²) in [6.45, 7) is 32.5. The zero-order valence-electron chi connectivity index (χ0n) is 40.2. The first-order chi connectivity index (χ1) is 28.5. The summed E-state index contributed by atoms with van der Waals surface area (Å²) in [5.41, 5.74) is 0.404. The fraction of sp³-hybridized carbons (Fsp3) is 0.577. The van der Waals surface area contributed by atoms with Crippen molar-refractivity contribution < 1.29 is 27.6 Å². The van der Waals surface area contributed by atoms with Crippen LogP contribution >= 0.6 is 0 Å². The number of carbonyl (C=O) groups is 2. The minimum Gasteiger partial charge on any atom is -0.461 e. The van der Waals surface area contributed by atoms with Crippen LogP contribution in [0.25, 0.3) is 0 Å². The van der Waals surface area contributed by atoms with Crippen LogP contribution < -0.4 is 10.4 Å². The summed E-state index contributed by atoms with van der Waals surface area (Å²) in [7, 11) is -7.38. The van der Waals surface area contributed by atoms with Gasteiger partial charge in [-0.05, 0) is 102 Å². The maximum Gasteiger partial charge on any atom is 0.338 e. The zero-order valence-corrected chi connectivity index (χ0v) is 43.2. The molecule has 0 aromatic heterocycles. The molecule has 0 aliphatic heterocycles. The van der Waals surface area contributed by atoms with Gasteiger partial charge in [0.2, 0.25) is 0 Å². The Morgan fingerprint density at radius 3 is 1.74 bits per heavy atom. The van der Waals surface area contributed by atoms with Gasteiger partial charge < -0.3 is 18.0 Å². The van der Waals surface area contributed by atoms with Gasteiger partial charge in [0.25, 0.3) is 8.32 Å². The molecule has 61 heavy (non-hydrogen) atoms. The van der Waals surface area contributed by atoms with Crippen molar-refractivity contribution >= 4 is 47.1 Å². The molecule has 0 spiro atoms. The number of hydrogen-bond acceptors (Lipinski definition) is 6. The van der Waals surface area contributed by atoms with E-state index in [-0.39, 0.29) is 52.5 Å². The second kappa shape index (κ2) is 19.0. The number of benzene rings is 3. The van der Waals surface area contributed by atoms with E-state index in [1.165, 1.54) is 10.4 Å². The van der Waals surface area contributed by atoms with Gasteiger partial charge in [-0.25, -0.2) is 4.79 Å². The highest BCUT2D eigenvalue weighted by Gasteiger charge is 2.56. The van der Waals surface area contributed by atoms with Gasteiger partial charge in [0.1, 0.15) is 5.78 Å². The predicted molar refractivity (Wildman–Crippen MR) is 260 cm³/mol. The molecule has 2 fully saturated rings. The van der Waals surface area contributed by atoms with Crippen molar-refractivity contribution in [2.24, 2.45) is 22.7 Å². The van der Waals surface area contributed by atoms with E-state index in [2.05, 4.69) is 163 Å². The van der Waals surface area contributed by atoms with Crippen molar-refractivity contribution in [3.05, 3.63) is 108 Å². The van der Waals surface area contributed by atoms with E-state index >= 15 is 0 Å². The molecule has 0 saturated heterocycles. The Bertz CT molecular complexity index is 1900. The summed E-state index contributed by atoms with van der Waals surface area (Å²) in [5.74, 6) is -0.382. The van der Waals surface area contributed by atoms with Gasteiger partial charge in [-0.15, -0.1) is 0 Å². The smallest absolute Gasteiger partial charge is 0.338 e. The van der Waals surface area contributed by atoms with Crippen molar-refractivity contribution in [1.29, 1.82) is 0 Å². The predicted octanol–water partition coefficient (Wildman–Crippen LogP) is 12.2. The third-order valence-corrected chi connectivity index (χ3v) is 29.4. The molecule has 6 nitrogen and oxygen atoms in total. The van der Waals surface area contributed by atoms with E-state index in [0.29, 0.717) is 18.6 Å². The standard InChI is InChI=1S/C52H78O6Si3/c1-15-60(16-2,17-3)58-46-36-47(53)51(10,11)44(46)35-43-42(37-56-61(50(7,8)9,40-29-23-19-24-30-40)41-31-25-20-26-32-41)45(57-59(13,14)49(4,5)6)33-34-52(43,12)38-55-48(54)39-27-21-18-22-28-39/h18-32,35,42-43,45-46H,15-17,33-34,36-38H2,1-14H3/b44-35+/t42-,43+,45-,46-,52-/m0/s1. The maximum absolute atomic E-state index is 14.2. The molecule has 3 aromatic rings. The Hall–Kier alpha value is -2.93. The van der Waals surface area contributed by atoms with Crippen LogP contribution in [0.5, 0.6) is 0 Å². The second-order valence-electron chi connectivity index (χ2n) is 21.4. The third kappa shape index (κ3) is 10.2. The molecule has 3 aromatic carbocycles. The van der Waals surface area contributed by atoms with Gasteiger partial charge in [0.05, 0.1) is 24.4 Å². The average molecular weight is 883 g/mol. The monoisotopic (exact) mass is 883 g/mol. The molecule has 5 rings (SSSR count). The fourth-order valence-corrected chi connectivity index (χ4v) is 18.7. The highest BCUT2D eigenvalue weighted by Crippen LogP contribution is 2.53. The Balaban J connectivity index is 1.74. The molecule has 0 unspecified atom stereocenters. The lowest BCUT2D eigenvalue weighted by atomic mass is 9.61. The number of ketones is 1. The molecule has 0 radical (unpaired) electrons. The molecule has 9 heteroatoms. The number of esters is 1. The number of allylic oxidation sites excluding steroid dienone is 1. The van der Waals surface area contributed by atoms with Crippen LogP contribution in [-0.4, -0.2) is 62.1 Å². The molecule has 0 N–H and O–H groups in total. The maximum atomic E-state index is 14.2.